The zero-order valence-corrected chi connectivity index (χ0v) is 5.87. The van der Waals surface area contributed by atoms with Gasteiger partial charge in [-0.15, -0.1) is 0 Å². The maximum atomic E-state index is 11.0. The van der Waals surface area contributed by atoms with Gasteiger partial charge in [0.05, 0.1) is 25.8 Å². The molecular formula is C6H10N2O3. The van der Waals surface area contributed by atoms with Crippen LogP contribution in [0.25, 0.3) is 0 Å². The van der Waals surface area contributed by atoms with E-state index in [9.17, 15) is 9.59 Å². The summed E-state index contributed by atoms with van der Waals surface area (Å²) >= 11 is 0. The van der Waals surface area contributed by atoms with Crippen LogP contribution in [0.15, 0.2) is 0 Å². The van der Waals surface area contributed by atoms with E-state index in [1.54, 1.807) is 0 Å². The second-order valence-corrected chi connectivity index (χ2v) is 2.61. The molecule has 0 aliphatic carbocycles. The Kier molecular flexibility index (Phi) is 1.32. The van der Waals surface area contributed by atoms with Crippen LogP contribution in [0.4, 0.5) is 4.79 Å². The highest BCUT2D eigenvalue weighted by Crippen LogP contribution is 2.13. The van der Waals surface area contributed by atoms with Crippen LogP contribution in [0.5, 0.6) is 0 Å². The number of imide groups is 1. The van der Waals surface area contributed by atoms with Crippen molar-refractivity contribution >= 4 is 11.9 Å². The summed E-state index contributed by atoms with van der Waals surface area (Å²) in [6.07, 6.45) is 0. The summed E-state index contributed by atoms with van der Waals surface area (Å²) in [5.74, 6) is -0.150. The Morgan fingerprint density at radius 3 is 2.64 bits per heavy atom. The molecule has 2 fully saturated rings. The number of hydrogen-bond acceptors (Lipinski definition) is 3. The SMILES string of the molecule is O=C1CNC(=O)N1C1COC1.[HH]. The molecule has 5 nitrogen and oxygen atoms in total. The van der Waals surface area contributed by atoms with Gasteiger partial charge in [-0.2, -0.15) is 0 Å². The van der Waals surface area contributed by atoms with Crippen molar-refractivity contribution in [2.75, 3.05) is 19.8 Å². The summed E-state index contributed by atoms with van der Waals surface area (Å²) in [5.41, 5.74) is 0. The number of carbonyl (C=O) groups is 2. The van der Waals surface area contributed by atoms with E-state index in [1.165, 1.54) is 4.90 Å². The van der Waals surface area contributed by atoms with Crippen LogP contribution in [0.1, 0.15) is 1.43 Å². The van der Waals surface area contributed by atoms with E-state index in [1.807, 2.05) is 0 Å². The van der Waals surface area contributed by atoms with Crippen molar-refractivity contribution in [1.29, 1.82) is 0 Å². The van der Waals surface area contributed by atoms with Gasteiger partial charge in [0, 0.05) is 1.43 Å². The van der Waals surface area contributed by atoms with Gasteiger partial charge in [-0.3, -0.25) is 9.69 Å². The molecule has 2 aliphatic heterocycles. The molecule has 62 valence electrons. The molecule has 0 spiro atoms. The number of carbonyl (C=O) groups excluding carboxylic acids is 2. The summed E-state index contributed by atoms with van der Waals surface area (Å²) in [7, 11) is 0. The number of ether oxygens (including phenoxy) is 1. The quantitative estimate of drug-likeness (QED) is 0.507. The Labute approximate surface area is 64.8 Å². The van der Waals surface area contributed by atoms with Crippen molar-refractivity contribution in [3.63, 3.8) is 0 Å². The standard InChI is InChI=1S/C6H8N2O3.H2/c9-5-1-7-6(10)8(5)4-2-11-3-4;/h4H,1-3H2,(H,7,10);1H. The molecule has 0 bridgehead atoms. The number of nitrogens with zero attached hydrogens (tertiary/aromatic N) is 1. The molecule has 11 heavy (non-hydrogen) atoms. The number of hydrogen-bond donors (Lipinski definition) is 1. The first-order chi connectivity index (χ1) is 5.29. The third-order valence-electron chi connectivity index (χ3n) is 1.86. The van der Waals surface area contributed by atoms with Crippen LogP contribution >= 0.6 is 0 Å². The Balaban J connectivity index is 0.000000720. The summed E-state index contributed by atoms with van der Waals surface area (Å²) in [5, 5.41) is 2.45. The third-order valence-corrected chi connectivity index (χ3v) is 1.86. The molecule has 2 heterocycles. The average molecular weight is 158 g/mol. The number of nitrogens with one attached hydrogen (secondary N) is 1. The highest BCUT2D eigenvalue weighted by Gasteiger charge is 2.38. The molecule has 0 unspecified atom stereocenters. The maximum absolute atomic E-state index is 11.0. The molecule has 2 rings (SSSR count). The lowest BCUT2D eigenvalue weighted by Gasteiger charge is -2.31. The summed E-state index contributed by atoms with van der Waals surface area (Å²) in [6.45, 7) is 1.10. The molecule has 0 saturated carbocycles. The first kappa shape index (κ1) is 6.60. The lowest BCUT2D eigenvalue weighted by Crippen LogP contribution is -2.51. The fourth-order valence-electron chi connectivity index (χ4n) is 1.18. The largest absolute Gasteiger partial charge is 0.377 e. The Hall–Kier alpha value is -1.10. The minimum atomic E-state index is -0.289. The smallest absolute Gasteiger partial charge is 0.325 e. The Morgan fingerprint density at radius 2 is 2.27 bits per heavy atom. The van der Waals surface area contributed by atoms with Crippen LogP contribution in [0, 0.1) is 0 Å². The minimum absolute atomic E-state index is 0. The molecular weight excluding hydrogens is 148 g/mol. The van der Waals surface area contributed by atoms with Crippen molar-refractivity contribution in [2.45, 2.75) is 6.04 Å². The predicted octanol–water partition coefficient (Wildman–Crippen LogP) is -0.817. The normalized spacial score (nSPS) is 25.3. The Morgan fingerprint density at radius 1 is 1.55 bits per heavy atom. The zero-order chi connectivity index (χ0) is 7.84. The number of urea groups is 1. The highest BCUT2D eigenvalue weighted by atomic mass is 16.5. The van der Waals surface area contributed by atoms with Crippen LogP contribution in [-0.4, -0.2) is 42.6 Å². The van der Waals surface area contributed by atoms with Crippen LogP contribution in [-0.2, 0) is 9.53 Å². The molecule has 2 aliphatic rings. The third kappa shape index (κ3) is 0.883. The van der Waals surface area contributed by atoms with Gasteiger partial charge in [0.15, 0.2) is 0 Å². The maximum Gasteiger partial charge on any atom is 0.325 e. The zero-order valence-electron chi connectivity index (χ0n) is 5.87. The van der Waals surface area contributed by atoms with Gasteiger partial charge >= 0.3 is 6.03 Å². The van der Waals surface area contributed by atoms with Crippen molar-refractivity contribution in [3.05, 3.63) is 0 Å². The molecule has 0 aromatic rings. The van der Waals surface area contributed by atoms with Crippen molar-refractivity contribution in [2.24, 2.45) is 0 Å². The second kappa shape index (κ2) is 2.20. The highest BCUT2D eigenvalue weighted by molar-refractivity contribution is 6.02. The van der Waals surface area contributed by atoms with Gasteiger partial charge in [-0.05, 0) is 0 Å². The summed E-state index contributed by atoms with van der Waals surface area (Å²) in [6, 6.07) is -0.312. The molecule has 5 heteroatoms. The fraction of sp³-hybridized carbons (Fsp3) is 0.667. The molecule has 1 N–H and O–H groups in total. The lowest BCUT2D eigenvalue weighted by molar-refractivity contribution is -0.134. The first-order valence-electron chi connectivity index (χ1n) is 3.46. The van der Waals surface area contributed by atoms with Gasteiger partial charge in [-0.1, -0.05) is 0 Å². The van der Waals surface area contributed by atoms with Gasteiger partial charge in [0.25, 0.3) is 0 Å². The molecule has 0 aromatic carbocycles. The Bertz CT molecular complexity index is 201. The molecule has 0 aromatic heterocycles. The van der Waals surface area contributed by atoms with Crippen molar-refractivity contribution < 1.29 is 15.8 Å². The first-order valence-corrected chi connectivity index (χ1v) is 3.46. The molecule has 3 amide bonds. The molecule has 0 radical (unpaired) electrons. The van der Waals surface area contributed by atoms with Gasteiger partial charge in [-0.25, -0.2) is 4.79 Å². The topological polar surface area (TPSA) is 58.6 Å². The summed E-state index contributed by atoms with van der Waals surface area (Å²) in [4.78, 5) is 23.2. The van der Waals surface area contributed by atoms with E-state index in [4.69, 9.17) is 4.74 Å². The minimum Gasteiger partial charge on any atom is -0.377 e. The van der Waals surface area contributed by atoms with E-state index < -0.39 is 0 Å². The fourth-order valence-corrected chi connectivity index (χ4v) is 1.18. The van der Waals surface area contributed by atoms with Gasteiger partial charge in [0.1, 0.15) is 0 Å². The van der Waals surface area contributed by atoms with E-state index in [0.717, 1.165) is 0 Å². The van der Waals surface area contributed by atoms with Gasteiger partial charge in [0.2, 0.25) is 5.91 Å². The molecule has 0 atom stereocenters. The number of amides is 3. The average Bonchev–Trinajstić information content (AvgIpc) is 2.15. The van der Waals surface area contributed by atoms with Crippen LogP contribution in [0.3, 0.4) is 0 Å². The van der Waals surface area contributed by atoms with Crippen LogP contribution in [0.2, 0.25) is 0 Å². The van der Waals surface area contributed by atoms with Crippen molar-refractivity contribution in [3.8, 4) is 0 Å². The molecule has 2 saturated heterocycles. The monoisotopic (exact) mass is 158 g/mol. The lowest BCUT2D eigenvalue weighted by atomic mass is 10.2. The van der Waals surface area contributed by atoms with Crippen molar-refractivity contribution in [1.82, 2.24) is 10.2 Å². The predicted molar refractivity (Wildman–Crippen MR) is 37.0 cm³/mol. The second-order valence-electron chi connectivity index (χ2n) is 2.61. The van der Waals surface area contributed by atoms with E-state index >= 15 is 0 Å². The van der Waals surface area contributed by atoms with E-state index in [-0.39, 0.29) is 26.0 Å². The number of rotatable bonds is 1. The van der Waals surface area contributed by atoms with Gasteiger partial charge < -0.3 is 10.1 Å². The van der Waals surface area contributed by atoms with E-state index in [0.29, 0.717) is 13.2 Å². The summed E-state index contributed by atoms with van der Waals surface area (Å²) < 4.78 is 4.87. The van der Waals surface area contributed by atoms with E-state index in [2.05, 4.69) is 5.32 Å². The van der Waals surface area contributed by atoms with Crippen LogP contribution < -0.4 is 5.32 Å².